The number of nitrogens with zero attached hydrogens (tertiary/aromatic N) is 3. The minimum atomic E-state index is -0.559. The molecule has 0 spiro atoms. The number of aromatic nitrogens is 2. The zero-order valence-corrected chi connectivity index (χ0v) is 16.4. The number of rotatable bonds is 5. The summed E-state index contributed by atoms with van der Waals surface area (Å²) >= 11 is 3.33. The van der Waals surface area contributed by atoms with E-state index in [2.05, 4.69) is 26.2 Å². The van der Waals surface area contributed by atoms with Crippen LogP contribution in [-0.4, -0.2) is 39.9 Å². The van der Waals surface area contributed by atoms with Gasteiger partial charge in [-0.25, -0.2) is 9.37 Å². The van der Waals surface area contributed by atoms with Crippen LogP contribution in [0.4, 0.5) is 10.1 Å². The van der Waals surface area contributed by atoms with Gasteiger partial charge in [-0.05, 0) is 46.3 Å². The molecule has 3 aromatic rings. The largest absolute Gasteiger partial charge is 0.335 e. The number of benzene rings is 2. The van der Waals surface area contributed by atoms with Gasteiger partial charge in [-0.1, -0.05) is 12.1 Å². The van der Waals surface area contributed by atoms with Crippen LogP contribution in [0.3, 0.4) is 0 Å². The van der Waals surface area contributed by atoms with Gasteiger partial charge in [0.1, 0.15) is 12.4 Å². The lowest BCUT2D eigenvalue weighted by Crippen LogP contribution is -2.38. The maximum atomic E-state index is 13.4. The second kappa shape index (κ2) is 8.30. The van der Waals surface area contributed by atoms with Gasteiger partial charge in [-0.3, -0.25) is 19.0 Å². The molecule has 0 aliphatic rings. The molecule has 0 saturated heterocycles. The molecule has 0 bridgehead atoms. The number of carbonyl (C=O) groups is 2. The van der Waals surface area contributed by atoms with Crippen molar-refractivity contribution in [2.75, 3.05) is 18.9 Å². The summed E-state index contributed by atoms with van der Waals surface area (Å²) in [6.45, 7) is -0.498. The van der Waals surface area contributed by atoms with Gasteiger partial charge in [-0.2, -0.15) is 0 Å². The van der Waals surface area contributed by atoms with Crippen LogP contribution in [0.15, 0.2) is 58.1 Å². The third-order valence-electron chi connectivity index (χ3n) is 4.05. The standard InChI is InChI=1S/C19H16BrFN4O3/c1-24(9-17(26)23-16-5-3-2-4-14(16)20)18(27)10-25-11-22-15-7-6-12(21)8-13(15)19(25)28/h2-8,11H,9-10H2,1H3,(H,23,26). The van der Waals surface area contributed by atoms with Crippen LogP contribution in [0.5, 0.6) is 0 Å². The van der Waals surface area contributed by atoms with E-state index in [4.69, 9.17) is 0 Å². The fraction of sp³-hybridized carbons (Fsp3) is 0.158. The molecule has 0 unspecified atom stereocenters. The van der Waals surface area contributed by atoms with Crippen molar-refractivity contribution in [3.8, 4) is 0 Å². The number of para-hydroxylation sites is 1. The van der Waals surface area contributed by atoms with Crippen molar-refractivity contribution in [3.63, 3.8) is 0 Å². The maximum absolute atomic E-state index is 13.4. The van der Waals surface area contributed by atoms with Crippen LogP contribution in [0.1, 0.15) is 0 Å². The van der Waals surface area contributed by atoms with Gasteiger partial charge >= 0.3 is 0 Å². The highest BCUT2D eigenvalue weighted by Gasteiger charge is 2.16. The number of carbonyl (C=O) groups excluding carboxylic acids is 2. The normalized spacial score (nSPS) is 10.7. The van der Waals surface area contributed by atoms with Gasteiger partial charge < -0.3 is 10.2 Å². The van der Waals surface area contributed by atoms with E-state index in [0.29, 0.717) is 11.2 Å². The van der Waals surface area contributed by atoms with Gasteiger partial charge in [-0.15, -0.1) is 0 Å². The predicted molar refractivity (Wildman–Crippen MR) is 106 cm³/mol. The third-order valence-corrected chi connectivity index (χ3v) is 4.74. The van der Waals surface area contributed by atoms with E-state index < -0.39 is 17.3 Å². The summed E-state index contributed by atoms with van der Waals surface area (Å²) in [7, 11) is 1.46. The van der Waals surface area contributed by atoms with E-state index in [9.17, 15) is 18.8 Å². The minimum Gasteiger partial charge on any atom is -0.335 e. The fourth-order valence-electron chi connectivity index (χ4n) is 2.57. The topological polar surface area (TPSA) is 84.3 Å². The van der Waals surface area contributed by atoms with Gasteiger partial charge in [0.2, 0.25) is 11.8 Å². The Kier molecular flexibility index (Phi) is 5.84. The van der Waals surface area contributed by atoms with Crippen molar-refractivity contribution < 1.29 is 14.0 Å². The molecule has 0 aliphatic carbocycles. The van der Waals surface area contributed by atoms with Crippen LogP contribution in [-0.2, 0) is 16.1 Å². The third kappa shape index (κ3) is 4.42. The quantitative estimate of drug-likeness (QED) is 0.651. The molecule has 2 amide bonds. The molecule has 0 fully saturated rings. The summed E-state index contributed by atoms with van der Waals surface area (Å²) < 4.78 is 15.2. The Balaban J connectivity index is 1.68. The van der Waals surface area contributed by atoms with Crippen LogP contribution in [0, 0.1) is 5.82 Å². The molecule has 7 nitrogen and oxygen atoms in total. The number of anilines is 1. The highest BCUT2D eigenvalue weighted by molar-refractivity contribution is 9.10. The summed E-state index contributed by atoms with van der Waals surface area (Å²) in [5.41, 5.74) is 0.408. The van der Waals surface area contributed by atoms with Crippen molar-refractivity contribution in [2.24, 2.45) is 0 Å². The van der Waals surface area contributed by atoms with Crippen LogP contribution >= 0.6 is 15.9 Å². The first kappa shape index (κ1) is 19.7. The Bertz CT molecular complexity index is 1120. The Hall–Kier alpha value is -3.07. The van der Waals surface area contributed by atoms with E-state index in [-0.39, 0.29) is 24.4 Å². The van der Waals surface area contributed by atoms with E-state index in [1.165, 1.54) is 30.4 Å². The lowest BCUT2D eigenvalue weighted by atomic mass is 10.2. The van der Waals surface area contributed by atoms with Crippen LogP contribution in [0.25, 0.3) is 10.9 Å². The lowest BCUT2D eigenvalue weighted by Gasteiger charge is -2.18. The van der Waals surface area contributed by atoms with Crippen molar-refractivity contribution in [3.05, 3.63) is 69.4 Å². The average Bonchev–Trinajstić information content (AvgIpc) is 2.66. The Labute approximate surface area is 167 Å². The summed E-state index contributed by atoms with van der Waals surface area (Å²) in [5.74, 6) is -1.40. The molecule has 3 rings (SSSR count). The van der Waals surface area contributed by atoms with Gasteiger partial charge in [0.25, 0.3) is 5.56 Å². The molecule has 1 aromatic heterocycles. The Morgan fingerprint density at radius 3 is 2.75 bits per heavy atom. The van der Waals surface area contributed by atoms with Gasteiger partial charge in [0.15, 0.2) is 0 Å². The molecule has 9 heteroatoms. The summed E-state index contributed by atoms with van der Waals surface area (Å²) in [6.07, 6.45) is 1.23. The van der Waals surface area contributed by atoms with Crippen molar-refractivity contribution in [2.45, 2.75) is 6.54 Å². The predicted octanol–water partition coefficient (Wildman–Crippen LogP) is 2.40. The van der Waals surface area contributed by atoms with Crippen LogP contribution < -0.4 is 10.9 Å². The zero-order valence-electron chi connectivity index (χ0n) is 14.9. The van der Waals surface area contributed by atoms with E-state index in [0.717, 1.165) is 15.1 Å². The Morgan fingerprint density at radius 1 is 1.25 bits per heavy atom. The van der Waals surface area contributed by atoms with Crippen molar-refractivity contribution >= 4 is 44.3 Å². The van der Waals surface area contributed by atoms with E-state index in [1.54, 1.807) is 18.2 Å². The first-order valence-electron chi connectivity index (χ1n) is 8.28. The van der Waals surface area contributed by atoms with E-state index >= 15 is 0 Å². The van der Waals surface area contributed by atoms with Gasteiger partial charge in [0.05, 0.1) is 29.5 Å². The number of amides is 2. The molecule has 0 radical (unpaired) electrons. The molecule has 1 heterocycles. The zero-order chi connectivity index (χ0) is 20.3. The second-order valence-corrected chi connectivity index (χ2v) is 6.97. The highest BCUT2D eigenvalue weighted by atomic mass is 79.9. The lowest BCUT2D eigenvalue weighted by molar-refractivity contribution is -0.133. The summed E-state index contributed by atoms with van der Waals surface area (Å²) in [4.78, 5) is 42.3. The molecular weight excluding hydrogens is 431 g/mol. The molecule has 28 heavy (non-hydrogen) atoms. The maximum Gasteiger partial charge on any atom is 0.261 e. The molecular formula is C19H16BrFN4O3. The minimum absolute atomic E-state index is 0.0876. The van der Waals surface area contributed by atoms with E-state index in [1.807, 2.05) is 6.07 Å². The summed E-state index contributed by atoms with van der Waals surface area (Å²) in [6, 6.07) is 10.8. The molecule has 1 N–H and O–H groups in total. The number of hydrogen-bond donors (Lipinski definition) is 1. The molecule has 0 atom stereocenters. The number of fused-ring (bicyclic) bond motifs is 1. The molecule has 2 aromatic carbocycles. The monoisotopic (exact) mass is 446 g/mol. The Morgan fingerprint density at radius 2 is 2.00 bits per heavy atom. The smallest absolute Gasteiger partial charge is 0.261 e. The average molecular weight is 447 g/mol. The van der Waals surface area contributed by atoms with Crippen LogP contribution in [0.2, 0.25) is 0 Å². The number of likely N-dealkylation sites (N-methyl/N-ethyl adjacent to an activating group) is 1. The number of nitrogens with one attached hydrogen (secondary N) is 1. The SMILES string of the molecule is CN(CC(=O)Nc1ccccc1Br)C(=O)Cn1cnc2ccc(F)cc2c1=O. The van der Waals surface area contributed by atoms with Gasteiger partial charge in [0, 0.05) is 11.5 Å². The first-order chi connectivity index (χ1) is 13.3. The summed E-state index contributed by atoms with van der Waals surface area (Å²) in [5, 5.41) is 2.79. The molecule has 0 saturated carbocycles. The fourth-order valence-corrected chi connectivity index (χ4v) is 2.95. The molecule has 0 aliphatic heterocycles. The number of hydrogen-bond acceptors (Lipinski definition) is 4. The molecule has 144 valence electrons. The van der Waals surface area contributed by atoms with Crippen molar-refractivity contribution in [1.29, 1.82) is 0 Å². The first-order valence-corrected chi connectivity index (χ1v) is 9.07. The highest BCUT2D eigenvalue weighted by Crippen LogP contribution is 2.20. The van der Waals surface area contributed by atoms with Crippen molar-refractivity contribution in [1.82, 2.24) is 14.5 Å². The second-order valence-electron chi connectivity index (χ2n) is 6.12. The number of halogens is 2.